The number of nitrogens with two attached hydrogens (primary N) is 1. The second-order valence-corrected chi connectivity index (χ2v) is 11.4. The van der Waals surface area contributed by atoms with Gasteiger partial charge in [-0.1, -0.05) is 82.5 Å². The number of carbonyl (C=O) groups is 2. The number of nitrogens with zero attached hydrogens (tertiary/aromatic N) is 1. The van der Waals surface area contributed by atoms with Gasteiger partial charge in [-0.25, -0.2) is 0 Å². The Morgan fingerprint density at radius 3 is 2.51 bits per heavy atom. The van der Waals surface area contributed by atoms with Crippen molar-refractivity contribution in [1.82, 2.24) is 10.2 Å². The van der Waals surface area contributed by atoms with E-state index in [9.17, 15) is 9.59 Å². The van der Waals surface area contributed by atoms with Gasteiger partial charge in [0, 0.05) is 30.0 Å². The summed E-state index contributed by atoms with van der Waals surface area (Å²) in [6, 6.07) is 10.4. The number of carbonyl (C=O) groups excluding carboxylic acids is 2. The van der Waals surface area contributed by atoms with Crippen LogP contribution in [0.4, 0.5) is 0 Å². The molecular formula is C30H45N3O2. The van der Waals surface area contributed by atoms with Crippen molar-refractivity contribution in [2.45, 2.75) is 97.2 Å². The maximum Gasteiger partial charge on any atom is 0.245 e. The molecule has 5 nitrogen and oxygen atoms in total. The van der Waals surface area contributed by atoms with Crippen molar-refractivity contribution in [1.29, 1.82) is 0 Å². The van der Waals surface area contributed by atoms with Gasteiger partial charge in [-0.15, -0.1) is 0 Å². The largest absolute Gasteiger partial charge is 0.366 e. The monoisotopic (exact) mass is 479 g/mol. The molecule has 0 aromatic heterocycles. The molecule has 0 bridgehead atoms. The third kappa shape index (κ3) is 6.24. The van der Waals surface area contributed by atoms with E-state index in [-0.39, 0.29) is 17.4 Å². The minimum atomic E-state index is -0.778. The van der Waals surface area contributed by atoms with Gasteiger partial charge < -0.3 is 10.6 Å². The summed E-state index contributed by atoms with van der Waals surface area (Å²) >= 11 is 0. The minimum Gasteiger partial charge on any atom is -0.366 e. The average molecular weight is 480 g/mol. The smallest absolute Gasteiger partial charge is 0.245 e. The number of allylic oxidation sites excluding steroid dienone is 2. The van der Waals surface area contributed by atoms with Gasteiger partial charge in [0.1, 0.15) is 5.66 Å². The maximum absolute atomic E-state index is 13.4. The summed E-state index contributed by atoms with van der Waals surface area (Å²) in [4.78, 5) is 28.2. The van der Waals surface area contributed by atoms with Crippen LogP contribution in [0, 0.1) is 11.8 Å². The zero-order valence-electron chi connectivity index (χ0n) is 22.4. The van der Waals surface area contributed by atoms with Crippen molar-refractivity contribution in [2.24, 2.45) is 17.6 Å². The zero-order valence-corrected chi connectivity index (χ0v) is 22.4. The fraction of sp³-hybridized carbons (Fsp3) is 0.600. The van der Waals surface area contributed by atoms with Gasteiger partial charge >= 0.3 is 0 Å². The first-order valence-electron chi connectivity index (χ1n) is 13.5. The molecule has 0 radical (unpaired) electrons. The fourth-order valence-electron chi connectivity index (χ4n) is 5.95. The minimum absolute atomic E-state index is 0.154. The van der Waals surface area contributed by atoms with Crippen molar-refractivity contribution in [3.05, 3.63) is 59.2 Å². The highest BCUT2D eigenvalue weighted by Crippen LogP contribution is 2.45. The summed E-state index contributed by atoms with van der Waals surface area (Å²) in [5, 5.41) is 4.03. The van der Waals surface area contributed by atoms with Crippen molar-refractivity contribution < 1.29 is 9.59 Å². The molecule has 192 valence electrons. The average Bonchev–Trinajstić information content (AvgIpc) is 3.22. The second kappa shape index (κ2) is 11.6. The van der Waals surface area contributed by atoms with E-state index in [2.05, 4.69) is 70.3 Å². The molecule has 1 heterocycles. The summed E-state index contributed by atoms with van der Waals surface area (Å²) in [5.41, 5.74) is 7.89. The Morgan fingerprint density at radius 1 is 1.23 bits per heavy atom. The van der Waals surface area contributed by atoms with Gasteiger partial charge in [0.15, 0.2) is 0 Å². The summed E-state index contributed by atoms with van der Waals surface area (Å²) in [6.45, 7) is 11.8. The van der Waals surface area contributed by atoms with Crippen LogP contribution in [0.2, 0.25) is 0 Å². The van der Waals surface area contributed by atoms with Gasteiger partial charge in [-0.3, -0.25) is 14.9 Å². The molecule has 2 unspecified atom stereocenters. The number of benzene rings is 1. The van der Waals surface area contributed by atoms with Crippen LogP contribution in [0.15, 0.2) is 53.6 Å². The van der Waals surface area contributed by atoms with Crippen molar-refractivity contribution >= 4 is 11.8 Å². The normalized spacial score (nSPS) is 23.0. The van der Waals surface area contributed by atoms with E-state index in [4.69, 9.17) is 5.73 Å². The van der Waals surface area contributed by atoms with Crippen LogP contribution >= 0.6 is 0 Å². The van der Waals surface area contributed by atoms with E-state index in [1.165, 1.54) is 5.56 Å². The topological polar surface area (TPSA) is 75.4 Å². The molecule has 0 saturated carbocycles. The van der Waals surface area contributed by atoms with Gasteiger partial charge in [-0.2, -0.15) is 0 Å². The maximum atomic E-state index is 13.4. The molecule has 2 amide bonds. The van der Waals surface area contributed by atoms with Crippen LogP contribution in [-0.2, 0) is 16.0 Å². The van der Waals surface area contributed by atoms with Gasteiger partial charge in [-0.05, 0) is 56.6 Å². The van der Waals surface area contributed by atoms with Gasteiger partial charge in [0.25, 0.3) is 0 Å². The Bertz CT molecular complexity index is 948. The molecular weight excluding hydrogens is 434 g/mol. The molecule has 1 fully saturated rings. The lowest BCUT2D eigenvalue weighted by atomic mass is 9.70. The summed E-state index contributed by atoms with van der Waals surface area (Å²) in [5.74, 6) is 0.218. The Labute approximate surface area is 212 Å². The van der Waals surface area contributed by atoms with Crippen molar-refractivity contribution in [3.8, 4) is 0 Å². The predicted molar refractivity (Wildman–Crippen MR) is 143 cm³/mol. The summed E-state index contributed by atoms with van der Waals surface area (Å²) in [6.07, 6.45) is 11.0. The highest BCUT2D eigenvalue weighted by molar-refractivity contribution is 5.94. The second-order valence-electron chi connectivity index (χ2n) is 11.4. The van der Waals surface area contributed by atoms with Crippen LogP contribution in [0.3, 0.4) is 0 Å². The van der Waals surface area contributed by atoms with Crippen LogP contribution < -0.4 is 11.1 Å². The molecule has 3 rings (SSSR count). The molecule has 0 spiro atoms. The Hall–Kier alpha value is -2.40. The van der Waals surface area contributed by atoms with Crippen LogP contribution in [0.5, 0.6) is 0 Å². The molecule has 1 saturated heterocycles. The van der Waals surface area contributed by atoms with E-state index in [0.717, 1.165) is 44.1 Å². The fourth-order valence-corrected chi connectivity index (χ4v) is 5.95. The molecule has 2 aliphatic rings. The number of hydrogen-bond acceptors (Lipinski definition) is 3. The Kier molecular flexibility index (Phi) is 8.98. The van der Waals surface area contributed by atoms with Crippen LogP contribution in [-0.4, -0.2) is 34.5 Å². The van der Waals surface area contributed by atoms with E-state index < -0.39 is 11.6 Å². The first kappa shape index (κ1) is 27.2. The molecule has 2 atom stereocenters. The number of nitrogens with one attached hydrogen (secondary N) is 1. The molecule has 1 aromatic rings. The molecule has 1 aliphatic carbocycles. The van der Waals surface area contributed by atoms with Crippen molar-refractivity contribution in [3.63, 3.8) is 0 Å². The SMILES string of the molecule is CCCC1C(C(N)=O)=CC=C(Cc2ccccc2)C1(NC(C)(C)CCCC(C)C)N1CCCC1=O. The highest BCUT2D eigenvalue weighted by Gasteiger charge is 2.54. The Balaban J connectivity index is 2.15. The van der Waals surface area contributed by atoms with Crippen molar-refractivity contribution in [2.75, 3.05) is 6.54 Å². The van der Waals surface area contributed by atoms with Gasteiger partial charge in [0.2, 0.25) is 11.8 Å². The predicted octanol–water partition coefficient (Wildman–Crippen LogP) is 5.51. The van der Waals surface area contributed by atoms with E-state index in [1.54, 1.807) is 0 Å². The standard InChI is InChI=1S/C30H45N3O2/c1-6-12-26-25(28(31)35)18-17-24(21-23-14-8-7-9-15-23)30(26,33-20-11-16-27(33)34)32-29(4,5)19-10-13-22(2)3/h7-9,14-15,17-18,22,26,32H,6,10-13,16,19-21H2,1-5H3,(H2,31,35). The zero-order chi connectivity index (χ0) is 25.6. The Morgan fingerprint density at radius 2 is 1.94 bits per heavy atom. The molecule has 5 heteroatoms. The molecule has 1 aromatic carbocycles. The third-order valence-electron chi connectivity index (χ3n) is 7.54. The summed E-state index contributed by atoms with van der Waals surface area (Å²) in [7, 11) is 0. The number of amides is 2. The number of rotatable bonds is 12. The molecule has 1 aliphatic heterocycles. The number of hydrogen-bond donors (Lipinski definition) is 2. The number of likely N-dealkylation sites (tertiary alicyclic amines) is 1. The third-order valence-corrected chi connectivity index (χ3v) is 7.54. The number of primary amides is 1. The first-order chi connectivity index (χ1) is 16.6. The first-order valence-corrected chi connectivity index (χ1v) is 13.5. The van der Waals surface area contributed by atoms with E-state index in [1.807, 2.05) is 17.0 Å². The lowest BCUT2D eigenvalue weighted by Gasteiger charge is -2.54. The molecule has 3 N–H and O–H groups in total. The van der Waals surface area contributed by atoms with E-state index in [0.29, 0.717) is 30.9 Å². The lowest BCUT2D eigenvalue weighted by molar-refractivity contribution is -0.137. The van der Waals surface area contributed by atoms with Gasteiger partial charge in [0.05, 0.1) is 0 Å². The van der Waals surface area contributed by atoms with Crippen LogP contribution in [0.1, 0.15) is 85.1 Å². The molecule has 35 heavy (non-hydrogen) atoms. The van der Waals surface area contributed by atoms with E-state index >= 15 is 0 Å². The lowest BCUT2D eigenvalue weighted by Crippen LogP contribution is -2.71. The quantitative estimate of drug-likeness (QED) is 0.415. The highest BCUT2D eigenvalue weighted by atomic mass is 16.2. The van der Waals surface area contributed by atoms with Crippen LogP contribution in [0.25, 0.3) is 0 Å². The summed E-state index contributed by atoms with van der Waals surface area (Å²) < 4.78 is 0.